The zero-order valence-corrected chi connectivity index (χ0v) is 7.66. The van der Waals surface area contributed by atoms with Crippen LogP contribution in [0.5, 0.6) is 0 Å². The molecule has 0 atom stereocenters. The van der Waals surface area contributed by atoms with Gasteiger partial charge in [0.1, 0.15) is 0 Å². The molecular formula is C10H7N2S. The molecule has 0 saturated carbocycles. The molecule has 0 N–H and O–H groups in total. The number of benzene rings is 1. The highest BCUT2D eigenvalue weighted by Crippen LogP contribution is 2.22. The summed E-state index contributed by atoms with van der Waals surface area (Å²) in [4.78, 5) is 9.24. The largest absolute Gasteiger partial charge is 0.231 e. The van der Waals surface area contributed by atoms with Crippen molar-refractivity contribution in [2.75, 3.05) is 0 Å². The maximum atomic E-state index is 4.09. The van der Waals surface area contributed by atoms with E-state index in [4.69, 9.17) is 0 Å². The smallest absolute Gasteiger partial charge is 0.193 e. The van der Waals surface area contributed by atoms with Crippen LogP contribution in [0.1, 0.15) is 0 Å². The van der Waals surface area contributed by atoms with Gasteiger partial charge in [0, 0.05) is 11.1 Å². The Hall–Kier alpha value is -1.35. The SMILES string of the molecule is [c]1ccnc(Sc2ccccc2)n1. The number of rotatable bonds is 2. The quantitative estimate of drug-likeness (QED) is 0.675. The number of hydrogen-bond donors (Lipinski definition) is 0. The molecule has 0 aliphatic rings. The van der Waals surface area contributed by atoms with Crippen LogP contribution < -0.4 is 0 Å². The van der Waals surface area contributed by atoms with Gasteiger partial charge in [0.05, 0.1) is 6.20 Å². The van der Waals surface area contributed by atoms with Gasteiger partial charge in [0.2, 0.25) is 0 Å². The molecule has 0 aliphatic carbocycles. The van der Waals surface area contributed by atoms with Gasteiger partial charge in [-0.2, -0.15) is 0 Å². The number of nitrogens with zero attached hydrogens (tertiary/aromatic N) is 2. The minimum absolute atomic E-state index is 0.730. The zero-order valence-electron chi connectivity index (χ0n) is 6.84. The lowest BCUT2D eigenvalue weighted by Gasteiger charge is -1.96. The fourth-order valence-corrected chi connectivity index (χ4v) is 1.61. The zero-order chi connectivity index (χ0) is 8.93. The molecule has 1 heterocycles. The Balaban J connectivity index is 2.16. The Morgan fingerprint density at radius 1 is 1.15 bits per heavy atom. The Labute approximate surface area is 81.1 Å². The molecule has 2 nitrogen and oxygen atoms in total. The number of hydrogen-bond acceptors (Lipinski definition) is 3. The van der Waals surface area contributed by atoms with E-state index in [1.165, 1.54) is 11.8 Å². The molecule has 13 heavy (non-hydrogen) atoms. The van der Waals surface area contributed by atoms with Gasteiger partial charge in [-0.05, 0) is 30.0 Å². The van der Waals surface area contributed by atoms with Crippen LogP contribution in [0.3, 0.4) is 0 Å². The van der Waals surface area contributed by atoms with Gasteiger partial charge in [-0.15, -0.1) is 0 Å². The molecule has 3 heteroatoms. The maximum Gasteiger partial charge on any atom is 0.193 e. The first kappa shape index (κ1) is 8.26. The molecule has 1 aromatic heterocycles. The third-order valence-corrected chi connectivity index (χ3v) is 2.33. The summed E-state index contributed by atoms with van der Waals surface area (Å²) in [5.74, 6) is 0. The highest BCUT2D eigenvalue weighted by molar-refractivity contribution is 7.99. The fourth-order valence-electron chi connectivity index (χ4n) is 0.899. The molecule has 2 rings (SSSR count). The fraction of sp³-hybridized carbons (Fsp3) is 0. The lowest BCUT2D eigenvalue weighted by molar-refractivity contribution is 0.961. The van der Waals surface area contributed by atoms with Gasteiger partial charge in [-0.3, -0.25) is 0 Å². The first-order valence-electron chi connectivity index (χ1n) is 3.87. The third kappa shape index (κ3) is 2.29. The second-order valence-electron chi connectivity index (χ2n) is 2.38. The van der Waals surface area contributed by atoms with Gasteiger partial charge in [-0.25, -0.2) is 9.97 Å². The first-order valence-corrected chi connectivity index (χ1v) is 4.69. The van der Waals surface area contributed by atoms with E-state index in [1.54, 1.807) is 12.3 Å². The average molecular weight is 187 g/mol. The van der Waals surface area contributed by atoms with E-state index in [0.717, 1.165) is 10.1 Å². The summed E-state index contributed by atoms with van der Waals surface area (Å²) < 4.78 is 0. The summed E-state index contributed by atoms with van der Waals surface area (Å²) in [6, 6.07) is 11.7. The van der Waals surface area contributed by atoms with E-state index in [2.05, 4.69) is 16.2 Å². The van der Waals surface area contributed by atoms with Gasteiger partial charge in [-0.1, -0.05) is 18.2 Å². The molecule has 1 aromatic carbocycles. The molecule has 2 aromatic rings. The lowest BCUT2D eigenvalue weighted by atomic mass is 10.4. The summed E-state index contributed by atoms with van der Waals surface area (Å²) in [5.41, 5.74) is 0. The van der Waals surface area contributed by atoms with Gasteiger partial charge in [0.15, 0.2) is 5.16 Å². The van der Waals surface area contributed by atoms with Crippen LogP contribution in [0.4, 0.5) is 0 Å². The molecule has 0 bridgehead atoms. The van der Waals surface area contributed by atoms with Crippen molar-refractivity contribution in [3.05, 3.63) is 48.8 Å². The maximum absolute atomic E-state index is 4.09. The van der Waals surface area contributed by atoms with Crippen molar-refractivity contribution in [1.82, 2.24) is 9.97 Å². The van der Waals surface area contributed by atoms with Crippen LogP contribution in [0.25, 0.3) is 0 Å². The van der Waals surface area contributed by atoms with Crippen LogP contribution >= 0.6 is 11.8 Å². The highest BCUT2D eigenvalue weighted by atomic mass is 32.2. The second kappa shape index (κ2) is 4.05. The topological polar surface area (TPSA) is 25.8 Å². The highest BCUT2D eigenvalue weighted by Gasteiger charge is 1.96. The predicted octanol–water partition coefficient (Wildman–Crippen LogP) is 2.43. The predicted molar refractivity (Wildman–Crippen MR) is 51.4 cm³/mol. The summed E-state index contributed by atoms with van der Waals surface area (Å²) in [6.07, 6.45) is 4.44. The third-order valence-electron chi connectivity index (χ3n) is 1.45. The van der Waals surface area contributed by atoms with E-state index in [9.17, 15) is 0 Å². The van der Waals surface area contributed by atoms with Crippen LogP contribution in [-0.4, -0.2) is 9.97 Å². The van der Waals surface area contributed by atoms with E-state index >= 15 is 0 Å². The van der Waals surface area contributed by atoms with Crippen LogP contribution in [0, 0.1) is 6.20 Å². The molecule has 63 valence electrons. The van der Waals surface area contributed by atoms with Crippen LogP contribution in [0.15, 0.2) is 52.6 Å². The minimum atomic E-state index is 0.730. The Morgan fingerprint density at radius 3 is 2.69 bits per heavy atom. The second-order valence-corrected chi connectivity index (χ2v) is 3.42. The van der Waals surface area contributed by atoms with Crippen molar-refractivity contribution >= 4 is 11.8 Å². The van der Waals surface area contributed by atoms with Crippen molar-refractivity contribution < 1.29 is 0 Å². The van der Waals surface area contributed by atoms with Crippen molar-refractivity contribution in [3.8, 4) is 0 Å². The Morgan fingerprint density at radius 2 is 2.00 bits per heavy atom. The molecule has 0 fully saturated rings. The normalized spacial score (nSPS) is 9.85. The minimum Gasteiger partial charge on any atom is -0.231 e. The molecule has 1 radical (unpaired) electrons. The van der Waals surface area contributed by atoms with Crippen LogP contribution in [0.2, 0.25) is 0 Å². The van der Waals surface area contributed by atoms with Gasteiger partial charge < -0.3 is 0 Å². The standard InChI is InChI=1S/C10H7N2S/c1-2-5-9(6-3-1)13-10-11-7-4-8-12-10/h1-7H. The van der Waals surface area contributed by atoms with Gasteiger partial charge >= 0.3 is 0 Å². The molecule has 0 saturated heterocycles. The summed E-state index contributed by atoms with van der Waals surface area (Å²) in [5, 5.41) is 0.730. The molecule has 0 aliphatic heterocycles. The van der Waals surface area contributed by atoms with Crippen molar-refractivity contribution in [2.24, 2.45) is 0 Å². The molecule has 0 unspecified atom stereocenters. The summed E-state index contributed by atoms with van der Waals surface area (Å²) in [6.45, 7) is 0. The van der Waals surface area contributed by atoms with Crippen molar-refractivity contribution in [3.63, 3.8) is 0 Å². The lowest BCUT2D eigenvalue weighted by Crippen LogP contribution is -1.82. The Kier molecular flexibility index (Phi) is 2.57. The summed E-state index contributed by atoms with van der Waals surface area (Å²) in [7, 11) is 0. The van der Waals surface area contributed by atoms with E-state index in [0.29, 0.717) is 0 Å². The van der Waals surface area contributed by atoms with Crippen LogP contribution in [-0.2, 0) is 0 Å². The van der Waals surface area contributed by atoms with Gasteiger partial charge in [0.25, 0.3) is 0 Å². The average Bonchev–Trinajstić information content (AvgIpc) is 2.21. The van der Waals surface area contributed by atoms with Crippen molar-refractivity contribution in [2.45, 2.75) is 10.1 Å². The van der Waals surface area contributed by atoms with E-state index < -0.39 is 0 Å². The first-order chi connectivity index (χ1) is 6.45. The molecular weight excluding hydrogens is 180 g/mol. The van der Waals surface area contributed by atoms with E-state index in [1.807, 2.05) is 30.3 Å². The summed E-state index contributed by atoms with van der Waals surface area (Å²) >= 11 is 1.53. The monoisotopic (exact) mass is 187 g/mol. The Bertz CT molecular complexity index is 324. The van der Waals surface area contributed by atoms with Crippen molar-refractivity contribution in [1.29, 1.82) is 0 Å². The molecule has 0 amide bonds. The number of aromatic nitrogens is 2. The van der Waals surface area contributed by atoms with E-state index in [-0.39, 0.29) is 0 Å². The molecule has 0 spiro atoms.